The fourth-order valence-electron chi connectivity index (χ4n) is 3.36. The van der Waals surface area contributed by atoms with E-state index in [1.54, 1.807) is 32.9 Å². The average Bonchev–Trinajstić information content (AvgIpc) is 2.88. The molecule has 0 saturated heterocycles. The van der Waals surface area contributed by atoms with E-state index in [1.165, 1.54) is 0 Å². The molecule has 8 heteroatoms. The molecule has 0 amide bonds. The number of carbonyl (C=O) groups is 1. The minimum atomic E-state index is -0.927. The third-order valence-electron chi connectivity index (χ3n) is 4.74. The van der Waals surface area contributed by atoms with E-state index < -0.39 is 28.5 Å². The van der Waals surface area contributed by atoms with E-state index >= 15 is 0 Å². The molecule has 0 fully saturated rings. The van der Waals surface area contributed by atoms with Crippen molar-refractivity contribution in [3.63, 3.8) is 0 Å². The zero-order valence-corrected chi connectivity index (χ0v) is 17.0. The first-order valence-electron chi connectivity index (χ1n) is 9.48. The molecule has 29 heavy (non-hydrogen) atoms. The van der Waals surface area contributed by atoms with E-state index in [0.717, 1.165) is 17.6 Å². The standard InChI is InChI=1S/C21H26N2O6/c1-11-15(22)14-13(23(11)9-5-6-10-24)8-7-12-16(25)17(26)19(28-18(12)14)20(27)29-21(2,3)4/h7-8,24,26H,5-6,9-10,22H2,1-4H3. The summed E-state index contributed by atoms with van der Waals surface area (Å²) in [5, 5.41) is 19.9. The molecule has 0 aliphatic rings. The molecule has 1 aromatic carbocycles. The molecule has 0 aliphatic carbocycles. The molecule has 3 rings (SSSR count). The second-order valence-electron chi connectivity index (χ2n) is 8.03. The highest BCUT2D eigenvalue weighted by Gasteiger charge is 2.27. The van der Waals surface area contributed by atoms with Gasteiger partial charge in [0.05, 0.1) is 22.0 Å². The number of rotatable bonds is 5. The van der Waals surface area contributed by atoms with Gasteiger partial charge in [-0.05, 0) is 52.7 Å². The molecular formula is C21H26N2O6. The molecule has 0 saturated carbocycles. The Morgan fingerprint density at radius 3 is 2.59 bits per heavy atom. The van der Waals surface area contributed by atoms with Gasteiger partial charge < -0.3 is 29.7 Å². The van der Waals surface area contributed by atoms with Crippen molar-refractivity contribution in [2.24, 2.45) is 0 Å². The SMILES string of the molecule is Cc1c(N)c2c3oc(C(=O)OC(C)(C)C)c(O)c(=O)c3ccc2n1CCCCO. The number of aryl methyl sites for hydroxylation is 1. The minimum absolute atomic E-state index is 0.101. The third-order valence-corrected chi connectivity index (χ3v) is 4.74. The summed E-state index contributed by atoms with van der Waals surface area (Å²) >= 11 is 0. The maximum Gasteiger partial charge on any atom is 0.378 e. The Bertz CT molecular complexity index is 1150. The predicted octanol–water partition coefficient (Wildman–Crippen LogP) is 3.07. The largest absolute Gasteiger partial charge is 0.501 e. The number of aliphatic hydroxyl groups is 1. The Morgan fingerprint density at radius 1 is 1.28 bits per heavy atom. The molecule has 0 aliphatic heterocycles. The molecule has 0 bridgehead atoms. The summed E-state index contributed by atoms with van der Waals surface area (Å²) in [4.78, 5) is 25.2. The number of aliphatic hydroxyl groups excluding tert-OH is 1. The Kier molecular flexibility index (Phi) is 5.32. The van der Waals surface area contributed by atoms with Crippen LogP contribution in [0, 0.1) is 6.92 Å². The summed E-state index contributed by atoms with van der Waals surface area (Å²) < 4.78 is 13.0. The second-order valence-corrected chi connectivity index (χ2v) is 8.03. The predicted molar refractivity (Wildman–Crippen MR) is 110 cm³/mol. The van der Waals surface area contributed by atoms with E-state index in [0.29, 0.717) is 24.0 Å². The molecule has 2 heterocycles. The summed E-state index contributed by atoms with van der Waals surface area (Å²) in [5.41, 5.74) is 6.86. The maximum absolute atomic E-state index is 12.7. The van der Waals surface area contributed by atoms with Crippen LogP contribution in [-0.4, -0.2) is 33.0 Å². The fraction of sp³-hybridized carbons (Fsp3) is 0.429. The van der Waals surface area contributed by atoms with Crippen LogP contribution >= 0.6 is 0 Å². The number of aromatic nitrogens is 1. The van der Waals surface area contributed by atoms with Gasteiger partial charge in [0.1, 0.15) is 5.60 Å². The minimum Gasteiger partial charge on any atom is -0.501 e. The number of carbonyl (C=O) groups excluding carboxylic acids is 1. The van der Waals surface area contributed by atoms with Gasteiger partial charge in [0, 0.05) is 18.8 Å². The summed E-state index contributed by atoms with van der Waals surface area (Å²) in [7, 11) is 0. The number of aromatic hydroxyl groups is 1. The van der Waals surface area contributed by atoms with Crippen LogP contribution in [0.15, 0.2) is 21.3 Å². The van der Waals surface area contributed by atoms with Gasteiger partial charge in [-0.15, -0.1) is 0 Å². The molecule has 0 atom stereocenters. The average molecular weight is 402 g/mol. The second kappa shape index (κ2) is 7.44. The van der Waals surface area contributed by atoms with Crippen LogP contribution in [0.3, 0.4) is 0 Å². The molecule has 2 aromatic heterocycles. The lowest BCUT2D eigenvalue weighted by atomic mass is 10.1. The lowest BCUT2D eigenvalue weighted by Crippen LogP contribution is -2.24. The van der Waals surface area contributed by atoms with Crippen molar-refractivity contribution in [2.45, 2.75) is 52.7 Å². The Hall–Kier alpha value is -3.00. The van der Waals surface area contributed by atoms with Gasteiger partial charge >= 0.3 is 5.97 Å². The Morgan fingerprint density at radius 2 is 1.97 bits per heavy atom. The first-order valence-corrected chi connectivity index (χ1v) is 9.48. The number of nitrogen functional groups attached to an aromatic ring is 1. The summed E-state index contributed by atoms with van der Waals surface area (Å²) in [6.45, 7) is 7.61. The van der Waals surface area contributed by atoms with E-state index in [4.69, 9.17) is 20.0 Å². The first-order chi connectivity index (χ1) is 13.6. The van der Waals surface area contributed by atoms with Crippen molar-refractivity contribution in [1.82, 2.24) is 4.57 Å². The van der Waals surface area contributed by atoms with Gasteiger partial charge in [-0.2, -0.15) is 0 Å². The first kappa shape index (κ1) is 20.7. The molecule has 8 nitrogen and oxygen atoms in total. The number of nitrogens with zero attached hydrogens (tertiary/aromatic N) is 1. The maximum atomic E-state index is 12.7. The smallest absolute Gasteiger partial charge is 0.378 e. The van der Waals surface area contributed by atoms with Crippen molar-refractivity contribution < 1.29 is 24.2 Å². The van der Waals surface area contributed by atoms with Gasteiger partial charge in [0.15, 0.2) is 5.58 Å². The highest BCUT2D eigenvalue weighted by Crippen LogP contribution is 2.35. The van der Waals surface area contributed by atoms with Gasteiger partial charge in [-0.1, -0.05) is 0 Å². The normalized spacial score (nSPS) is 12.0. The number of unbranched alkanes of at least 4 members (excludes halogenated alkanes) is 1. The summed E-state index contributed by atoms with van der Waals surface area (Å²) in [6, 6.07) is 3.28. The Balaban J connectivity index is 2.27. The van der Waals surface area contributed by atoms with Crippen LogP contribution in [0.25, 0.3) is 21.9 Å². The monoisotopic (exact) mass is 402 g/mol. The van der Waals surface area contributed by atoms with E-state index in [-0.39, 0.29) is 17.6 Å². The lowest BCUT2D eigenvalue weighted by Gasteiger charge is -2.19. The van der Waals surface area contributed by atoms with E-state index in [2.05, 4.69) is 0 Å². The van der Waals surface area contributed by atoms with Gasteiger partial charge in [0.25, 0.3) is 5.76 Å². The van der Waals surface area contributed by atoms with Gasteiger partial charge in [-0.25, -0.2) is 4.79 Å². The number of hydrogen-bond acceptors (Lipinski definition) is 7. The number of nitrogens with two attached hydrogens (primary N) is 1. The zero-order valence-electron chi connectivity index (χ0n) is 17.0. The van der Waals surface area contributed by atoms with Crippen molar-refractivity contribution >= 4 is 33.5 Å². The van der Waals surface area contributed by atoms with Gasteiger partial charge in [0.2, 0.25) is 11.2 Å². The number of hydrogen-bond donors (Lipinski definition) is 3. The quantitative estimate of drug-likeness (QED) is 0.442. The highest BCUT2D eigenvalue weighted by molar-refractivity contribution is 6.11. The van der Waals surface area contributed by atoms with Crippen molar-refractivity contribution in [3.8, 4) is 5.75 Å². The molecule has 0 unspecified atom stereocenters. The zero-order chi connectivity index (χ0) is 21.5. The topological polar surface area (TPSA) is 128 Å². The number of esters is 1. The fourth-order valence-corrected chi connectivity index (χ4v) is 3.36. The molecule has 4 N–H and O–H groups in total. The molecule has 0 radical (unpaired) electrons. The van der Waals surface area contributed by atoms with Gasteiger partial charge in [-0.3, -0.25) is 4.79 Å². The number of fused-ring (bicyclic) bond motifs is 3. The van der Waals surface area contributed by atoms with Crippen LogP contribution in [0.1, 0.15) is 49.9 Å². The van der Waals surface area contributed by atoms with Crippen molar-refractivity contribution in [1.29, 1.82) is 0 Å². The summed E-state index contributed by atoms with van der Waals surface area (Å²) in [6.07, 6.45) is 1.40. The number of ether oxygens (including phenoxy) is 1. The third kappa shape index (κ3) is 3.67. The Labute approximate surface area is 167 Å². The number of benzene rings is 1. The van der Waals surface area contributed by atoms with Crippen LogP contribution in [-0.2, 0) is 11.3 Å². The van der Waals surface area contributed by atoms with Crippen LogP contribution in [0.4, 0.5) is 5.69 Å². The molecule has 0 spiro atoms. The number of anilines is 1. The van der Waals surface area contributed by atoms with E-state index in [9.17, 15) is 14.7 Å². The van der Waals surface area contributed by atoms with Crippen molar-refractivity contribution in [3.05, 3.63) is 33.8 Å². The van der Waals surface area contributed by atoms with Crippen LogP contribution in [0.2, 0.25) is 0 Å². The molecule has 156 valence electrons. The van der Waals surface area contributed by atoms with Crippen LogP contribution in [0.5, 0.6) is 5.75 Å². The van der Waals surface area contributed by atoms with Crippen molar-refractivity contribution in [2.75, 3.05) is 12.3 Å². The lowest BCUT2D eigenvalue weighted by molar-refractivity contribution is 0.00322. The highest BCUT2D eigenvalue weighted by atomic mass is 16.6. The van der Waals surface area contributed by atoms with E-state index in [1.807, 2.05) is 11.5 Å². The summed E-state index contributed by atoms with van der Waals surface area (Å²) in [5.74, 6) is -2.26. The molecular weight excluding hydrogens is 376 g/mol. The molecule has 3 aromatic rings. The van der Waals surface area contributed by atoms with Crippen LogP contribution < -0.4 is 11.2 Å².